The van der Waals surface area contributed by atoms with Crippen LogP contribution in [-0.4, -0.2) is 5.78 Å². The predicted molar refractivity (Wildman–Crippen MR) is 90.5 cm³/mol. The lowest BCUT2D eigenvalue weighted by Crippen LogP contribution is -2.02. The van der Waals surface area contributed by atoms with Gasteiger partial charge in [-0.15, -0.1) is 0 Å². The van der Waals surface area contributed by atoms with Gasteiger partial charge in [-0.2, -0.15) is 0 Å². The standard InChI is InChI=1S/C17H25IO/c1-2-3-4-5-6-7-8-9-17(19)14-15-10-12-16(18)13-11-15/h10-13H,2-9,14H2,1H3. The van der Waals surface area contributed by atoms with E-state index in [1.807, 2.05) is 0 Å². The minimum absolute atomic E-state index is 0.384. The summed E-state index contributed by atoms with van der Waals surface area (Å²) in [5.74, 6) is 0.384. The molecule has 0 amide bonds. The number of hydrogen-bond donors (Lipinski definition) is 0. The Kier molecular flexibility index (Phi) is 9.14. The van der Waals surface area contributed by atoms with E-state index < -0.39 is 0 Å². The molecule has 1 aromatic carbocycles. The number of hydrogen-bond acceptors (Lipinski definition) is 1. The second-order valence-corrected chi connectivity index (χ2v) is 6.46. The molecular weight excluding hydrogens is 347 g/mol. The molecule has 106 valence electrons. The third kappa shape index (κ3) is 8.40. The van der Waals surface area contributed by atoms with Crippen molar-refractivity contribution in [3.8, 4) is 0 Å². The van der Waals surface area contributed by atoms with Crippen molar-refractivity contribution in [1.29, 1.82) is 0 Å². The molecule has 0 saturated heterocycles. The van der Waals surface area contributed by atoms with Gasteiger partial charge in [-0.25, -0.2) is 0 Å². The summed E-state index contributed by atoms with van der Waals surface area (Å²) < 4.78 is 1.22. The molecule has 1 aromatic rings. The maximum absolute atomic E-state index is 11.8. The number of halogens is 1. The van der Waals surface area contributed by atoms with Gasteiger partial charge in [0.1, 0.15) is 5.78 Å². The highest BCUT2D eigenvalue weighted by Crippen LogP contribution is 2.11. The van der Waals surface area contributed by atoms with E-state index in [1.54, 1.807) is 0 Å². The van der Waals surface area contributed by atoms with Crippen molar-refractivity contribution in [3.05, 3.63) is 33.4 Å². The molecule has 0 radical (unpaired) electrons. The van der Waals surface area contributed by atoms with Crippen LogP contribution in [0.4, 0.5) is 0 Å². The number of rotatable bonds is 10. The Hall–Kier alpha value is -0.380. The van der Waals surface area contributed by atoms with E-state index in [0.717, 1.165) is 18.4 Å². The molecule has 19 heavy (non-hydrogen) atoms. The maximum atomic E-state index is 11.8. The molecule has 0 heterocycles. The van der Waals surface area contributed by atoms with Crippen LogP contribution in [0.15, 0.2) is 24.3 Å². The zero-order valence-electron chi connectivity index (χ0n) is 12.0. The lowest BCUT2D eigenvalue weighted by atomic mass is 10.0. The van der Waals surface area contributed by atoms with Gasteiger partial charge in [-0.3, -0.25) is 4.79 Å². The summed E-state index contributed by atoms with van der Waals surface area (Å²) in [6, 6.07) is 8.25. The summed E-state index contributed by atoms with van der Waals surface area (Å²) >= 11 is 2.29. The van der Waals surface area contributed by atoms with E-state index in [-0.39, 0.29) is 0 Å². The molecule has 1 rings (SSSR count). The van der Waals surface area contributed by atoms with Crippen molar-refractivity contribution in [2.45, 2.75) is 64.7 Å². The van der Waals surface area contributed by atoms with Crippen LogP contribution in [0.2, 0.25) is 0 Å². The van der Waals surface area contributed by atoms with Crippen molar-refractivity contribution in [3.63, 3.8) is 0 Å². The van der Waals surface area contributed by atoms with Crippen LogP contribution in [0.1, 0.15) is 63.9 Å². The SMILES string of the molecule is CCCCCCCCCC(=O)Cc1ccc(I)cc1. The van der Waals surface area contributed by atoms with Gasteiger partial charge in [0.2, 0.25) is 0 Å². The van der Waals surface area contributed by atoms with Crippen LogP contribution in [0.5, 0.6) is 0 Å². The van der Waals surface area contributed by atoms with E-state index >= 15 is 0 Å². The van der Waals surface area contributed by atoms with Gasteiger partial charge in [0, 0.05) is 16.4 Å². The highest BCUT2D eigenvalue weighted by Gasteiger charge is 2.03. The molecule has 0 saturated carbocycles. The van der Waals surface area contributed by atoms with E-state index in [9.17, 15) is 4.79 Å². The predicted octanol–water partition coefficient (Wildman–Crippen LogP) is 5.54. The second kappa shape index (κ2) is 10.4. The van der Waals surface area contributed by atoms with E-state index in [0.29, 0.717) is 12.2 Å². The van der Waals surface area contributed by atoms with Crippen molar-refractivity contribution in [2.24, 2.45) is 0 Å². The molecule has 1 nitrogen and oxygen atoms in total. The maximum Gasteiger partial charge on any atom is 0.137 e. The van der Waals surface area contributed by atoms with Gasteiger partial charge < -0.3 is 0 Å². The number of unbranched alkanes of at least 4 members (excludes halogenated alkanes) is 6. The molecule has 0 aliphatic carbocycles. The van der Waals surface area contributed by atoms with Crippen LogP contribution in [-0.2, 0) is 11.2 Å². The van der Waals surface area contributed by atoms with Gasteiger partial charge in [-0.05, 0) is 46.7 Å². The first-order chi connectivity index (χ1) is 9.22. The van der Waals surface area contributed by atoms with E-state index in [4.69, 9.17) is 0 Å². The first-order valence-corrected chi connectivity index (χ1v) is 8.56. The smallest absolute Gasteiger partial charge is 0.137 e. The summed E-state index contributed by atoms with van der Waals surface area (Å²) in [7, 11) is 0. The number of carbonyl (C=O) groups is 1. The fraction of sp³-hybridized carbons (Fsp3) is 0.588. The molecule has 0 aliphatic heterocycles. The fourth-order valence-corrected chi connectivity index (χ4v) is 2.56. The van der Waals surface area contributed by atoms with Crippen LogP contribution in [0, 0.1) is 3.57 Å². The first kappa shape index (κ1) is 16.7. The van der Waals surface area contributed by atoms with E-state index in [2.05, 4.69) is 53.8 Å². The molecule has 0 aliphatic rings. The third-order valence-corrected chi connectivity index (χ3v) is 4.09. The van der Waals surface area contributed by atoms with Gasteiger partial charge in [0.15, 0.2) is 0 Å². The lowest BCUT2D eigenvalue weighted by molar-refractivity contribution is -0.118. The molecule has 0 N–H and O–H groups in total. The minimum atomic E-state index is 0.384. The van der Waals surface area contributed by atoms with Gasteiger partial charge >= 0.3 is 0 Å². The van der Waals surface area contributed by atoms with Crippen molar-refractivity contribution < 1.29 is 4.79 Å². The highest BCUT2D eigenvalue weighted by atomic mass is 127. The van der Waals surface area contributed by atoms with Crippen LogP contribution in [0.3, 0.4) is 0 Å². The normalized spacial score (nSPS) is 10.6. The summed E-state index contributed by atoms with van der Waals surface area (Å²) in [6.45, 7) is 2.24. The zero-order valence-corrected chi connectivity index (χ0v) is 14.1. The fourth-order valence-electron chi connectivity index (χ4n) is 2.20. The Balaban J connectivity index is 2.06. The molecule has 2 heteroatoms. The summed E-state index contributed by atoms with van der Waals surface area (Å²) in [5.41, 5.74) is 1.15. The number of ketones is 1. The zero-order chi connectivity index (χ0) is 13.9. The van der Waals surface area contributed by atoms with Crippen LogP contribution >= 0.6 is 22.6 Å². The molecule has 0 atom stereocenters. The molecule has 0 spiro atoms. The Bertz CT molecular complexity index is 356. The topological polar surface area (TPSA) is 17.1 Å². The Morgan fingerprint density at radius 3 is 2.16 bits per heavy atom. The average Bonchev–Trinajstić information content (AvgIpc) is 2.40. The molecule has 0 fully saturated rings. The van der Waals surface area contributed by atoms with E-state index in [1.165, 1.54) is 42.1 Å². The minimum Gasteiger partial charge on any atom is -0.299 e. The largest absolute Gasteiger partial charge is 0.299 e. The molecule has 0 aromatic heterocycles. The molecular formula is C17H25IO. The van der Waals surface area contributed by atoms with Crippen LogP contribution in [0.25, 0.3) is 0 Å². The lowest BCUT2D eigenvalue weighted by Gasteiger charge is -2.03. The monoisotopic (exact) mass is 372 g/mol. The summed E-state index contributed by atoms with van der Waals surface area (Å²) in [5, 5.41) is 0. The Morgan fingerprint density at radius 2 is 1.53 bits per heavy atom. The van der Waals surface area contributed by atoms with Gasteiger partial charge in [-0.1, -0.05) is 57.6 Å². The van der Waals surface area contributed by atoms with Gasteiger partial charge in [0.25, 0.3) is 0 Å². The van der Waals surface area contributed by atoms with Gasteiger partial charge in [0.05, 0.1) is 0 Å². The van der Waals surface area contributed by atoms with Crippen LogP contribution < -0.4 is 0 Å². The summed E-state index contributed by atoms with van der Waals surface area (Å²) in [6.07, 6.45) is 10.3. The van der Waals surface area contributed by atoms with Crippen molar-refractivity contribution >= 4 is 28.4 Å². The quantitative estimate of drug-likeness (QED) is 0.389. The Labute approximate surface area is 131 Å². The highest BCUT2D eigenvalue weighted by molar-refractivity contribution is 14.1. The number of carbonyl (C=O) groups excluding carboxylic acids is 1. The Morgan fingerprint density at radius 1 is 0.947 bits per heavy atom. The second-order valence-electron chi connectivity index (χ2n) is 5.21. The molecule has 0 unspecified atom stereocenters. The third-order valence-electron chi connectivity index (χ3n) is 3.37. The number of benzene rings is 1. The first-order valence-electron chi connectivity index (χ1n) is 7.48. The summed E-state index contributed by atoms with van der Waals surface area (Å²) in [4.78, 5) is 11.8. The van der Waals surface area contributed by atoms with Crippen molar-refractivity contribution in [2.75, 3.05) is 0 Å². The number of Topliss-reactive ketones (excluding diaryl/α,β-unsaturated/α-hetero) is 1. The molecule has 0 bridgehead atoms. The average molecular weight is 372 g/mol. The van der Waals surface area contributed by atoms with Crippen molar-refractivity contribution in [1.82, 2.24) is 0 Å².